The van der Waals surface area contributed by atoms with E-state index in [4.69, 9.17) is 9.47 Å². The van der Waals surface area contributed by atoms with E-state index in [1.165, 1.54) is 4.90 Å². The molecule has 0 unspecified atom stereocenters. The number of hydrogen-bond donors (Lipinski definition) is 0. The van der Waals surface area contributed by atoms with Crippen LogP contribution in [-0.4, -0.2) is 45.2 Å². The Morgan fingerprint density at radius 3 is 2.86 bits per heavy atom. The van der Waals surface area contributed by atoms with E-state index in [1.807, 2.05) is 20.8 Å². The maximum absolute atomic E-state index is 13.1. The van der Waals surface area contributed by atoms with Crippen molar-refractivity contribution in [1.29, 1.82) is 0 Å². The molecule has 0 N–H and O–H groups in total. The standard InChI is InChI=1S/C15H22INO4/c1-8(2)10-7-20-14(19)17(10)13(18)12-9(3)21-11-5-4-6-15(11,12)16/h8-12H,4-7H2,1-3H3/t9-,10-,11-,12+,15-/m1/s1. The van der Waals surface area contributed by atoms with Crippen LogP contribution in [0.3, 0.4) is 0 Å². The first kappa shape index (κ1) is 15.5. The van der Waals surface area contributed by atoms with Crippen LogP contribution in [0.25, 0.3) is 0 Å². The average Bonchev–Trinajstić information content (AvgIpc) is 2.99. The molecule has 3 fully saturated rings. The van der Waals surface area contributed by atoms with E-state index in [0.29, 0.717) is 6.61 Å². The van der Waals surface area contributed by atoms with Gasteiger partial charge in [0, 0.05) is 0 Å². The minimum atomic E-state index is -0.493. The Morgan fingerprint density at radius 2 is 2.19 bits per heavy atom. The Hall–Kier alpha value is -0.370. The third-order valence-corrected chi connectivity index (χ3v) is 7.01. The summed E-state index contributed by atoms with van der Waals surface area (Å²) in [5, 5.41) is 0. The lowest BCUT2D eigenvalue weighted by molar-refractivity contribution is -0.136. The fourth-order valence-corrected chi connectivity index (χ4v) is 5.57. The van der Waals surface area contributed by atoms with Crippen LogP contribution >= 0.6 is 22.6 Å². The van der Waals surface area contributed by atoms with Crippen molar-refractivity contribution in [2.75, 3.05) is 6.61 Å². The number of carbonyl (C=O) groups excluding carboxylic acids is 2. The summed E-state index contributed by atoms with van der Waals surface area (Å²) < 4.78 is 11.0. The molecule has 5 nitrogen and oxygen atoms in total. The van der Waals surface area contributed by atoms with Crippen LogP contribution in [0.2, 0.25) is 0 Å². The first-order valence-corrected chi connectivity index (χ1v) is 8.78. The zero-order chi connectivity index (χ0) is 15.4. The van der Waals surface area contributed by atoms with E-state index in [2.05, 4.69) is 22.6 Å². The highest BCUT2D eigenvalue weighted by Crippen LogP contribution is 2.53. The summed E-state index contributed by atoms with van der Waals surface area (Å²) in [5.74, 6) is -0.164. The van der Waals surface area contributed by atoms with Crippen molar-refractivity contribution < 1.29 is 19.1 Å². The Balaban J connectivity index is 1.88. The molecule has 21 heavy (non-hydrogen) atoms. The molecular weight excluding hydrogens is 385 g/mol. The lowest BCUT2D eigenvalue weighted by Crippen LogP contribution is -2.51. The van der Waals surface area contributed by atoms with Crippen molar-refractivity contribution in [3.8, 4) is 0 Å². The maximum Gasteiger partial charge on any atom is 0.416 e. The van der Waals surface area contributed by atoms with Crippen LogP contribution in [0.1, 0.15) is 40.0 Å². The number of cyclic esters (lactones) is 1. The smallest absolute Gasteiger partial charge is 0.416 e. The summed E-state index contributed by atoms with van der Waals surface area (Å²) >= 11 is 2.40. The van der Waals surface area contributed by atoms with E-state index in [1.54, 1.807) is 0 Å². The molecule has 2 aliphatic heterocycles. The van der Waals surface area contributed by atoms with Gasteiger partial charge in [0.25, 0.3) is 0 Å². The van der Waals surface area contributed by atoms with E-state index in [0.717, 1.165) is 19.3 Å². The zero-order valence-electron chi connectivity index (χ0n) is 12.7. The first-order valence-electron chi connectivity index (χ1n) is 7.70. The second-order valence-electron chi connectivity index (χ2n) is 6.72. The lowest BCUT2D eigenvalue weighted by atomic mass is 9.86. The molecule has 6 heteroatoms. The Kier molecular flexibility index (Phi) is 3.97. The van der Waals surface area contributed by atoms with Crippen molar-refractivity contribution in [3.63, 3.8) is 0 Å². The van der Waals surface area contributed by atoms with Gasteiger partial charge in [-0.05, 0) is 32.1 Å². The third-order valence-electron chi connectivity index (χ3n) is 5.11. The molecule has 0 spiro atoms. The van der Waals surface area contributed by atoms with Gasteiger partial charge in [-0.15, -0.1) is 0 Å². The molecule has 5 atom stereocenters. The van der Waals surface area contributed by atoms with Gasteiger partial charge in [-0.3, -0.25) is 4.79 Å². The number of hydrogen-bond acceptors (Lipinski definition) is 4. The van der Waals surface area contributed by atoms with Crippen LogP contribution in [-0.2, 0) is 14.3 Å². The SMILES string of the molecule is CC(C)[C@H]1COC(=O)N1C(=O)[C@@H]1[C@@H](C)O[C@@H]2CCC[C@]12I. The second-order valence-corrected chi connectivity index (χ2v) is 8.73. The highest BCUT2D eigenvalue weighted by molar-refractivity contribution is 14.1. The first-order chi connectivity index (χ1) is 9.86. The van der Waals surface area contributed by atoms with Crippen LogP contribution in [0.15, 0.2) is 0 Å². The summed E-state index contributed by atoms with van der Waals surface area (Å²) in [5.41, 5.74) is 0. The van der Waals surface area contributed by atoms with Crippen LogP contribution in [0, 0.1) is 11.8 Å². The molecule has 0 aromatic heterocycles. The molecule has 0 aromatic rings. The fraction of sp³-hybridized carbons (Fsp3) is 0.867. The number of amides is 2. The summed E-state index contributed by atoms with van der Waals surface area (Å²) in [6, 6.07) is -0.155. The zero-order valence-corrected chi connectivity index (χ0v) is 14.8. The molecule has 2 saturated heterocycles. The van der Waals surface area contributed by atoms with Crippen molar-refractivity contribution in [1.82, 2.24) is 4.90 Å². The van der Waals surface area contributed by atoms with Crippen molar-refractivity contribution in [2.24, 2.45) is 11.8 Å². The molecule has 0 bridgehead atoms. The molecule has 118 valence electrons. The number of nitrogens with zero attached hydrogens (tertiary/aromatic N) is 1. The predicted octanol–water partition coefficient (Wildman–Crippen LogP) is 2.75. The molecule has 0 aromatic carbocycles. The molecule has 2 amide bonds. The van der Waals surface area contributed by atoms with Gasteiger partial charge >= 0.3 is 6.09 Å². The minimum absolute atomic E-state index is 0.109. The highest BCUT2D eigenvalue weighted by Gasteiger charge is 2.60. The van der Waals surface area contributed by atoms with Crippen LogP contribution < -0.4 is 0 Å². The van der Waals surface area contributed by atoms with E-state index >= 15 is 0 Å². The summed E-state index contributed by atoms with van der Waals surface area (Å²) in [6.45, 7) is 6.29. The molecule has 1 saturated carbocycles. The molecule has 3 rings (SSSR count). The monoisotopic (exact) mass is 407 g/mol. The number of carbonyl (C=O) groups is 2. The van der Waals surface area contributed by atoms with Crippen molar-refractivity contribution in [2.45, 2.75) is 61.7 Å². The normalized spacial score (nSPS) is 42.5. The number of imide groups is 1. The molecule has 2 heterocycles. The summed E-state index contributed by atoms with van der Waals surface area (Å²) in [7, 11) is 0. The largest absolute Gasteiger partial charge is 0.447 e. The number of halogens is 1. The van der Waals surface area contributed by atoms with E-state index in [-0.39, 0.29) is 39.4 Å². The van der Waals surface area contributed by atoms with Gasteiger partial charge in [0.05, 0.1) is 27.6 Å². The van der Waals surface area contributed by atoms with Gasteiger partial charge in [0.1, 0.15) is 6.61 Å². The topological polar surface area (TPSA) is 55.8 Å². The summed E-state index contributed by atoms with van der Waals surface area (Å²) in [4.78, 5) is 26.5. The van der Waals surface area contributed by atoms with Gasteiger partial charge in [-0.2, -0.15) is 0 Å². The van der Waals surface area contributed by atoms with Crippen molar-refractivity contribution >= 4 is 34.6 Å². The Bertz CT molecular complexity index is 469. The highest BCUT2D eigenvalue weighted by atomic mass is 127. The molecule has 1 aliphatic carbocycles. The molecular formula is C15H22INO4. The maximum atomic E-state index is 13.1. The molecule has 3 aliphatic rings. The van der Waals surface area contributed by atoms with E-state index in [9.17, 15) is 9.59 Å². The second kappa shape index (κ2) is 5.37. The van der Waals surface area contributed by atoms with Crippen LogP contribution in [0.4, 0.5) is 4.79 Å². The number of fused-ring (bicyclic) bond motifs is 1. The quantitative estimate of drug-likeness (QED) is 0.522. The number of alkyl halides is 1. The Morgan fingerprint density at radius 1 is 1.48 bits per heavy atom. The number of rotatable bonds is 2. The van der Waals surface area contributed by atoms with E-state index < -0.39 is 6.09 Å². The number of ether oxygens (including phenoxy) is 2. The minimum Gasteiger partial charge on any atom is -0.447 e. The summed E-state index contributed by atoms with van der Waals surface area (Å²) in [6.07, 6.45) is 2.58. The fourth-order valence-electron chi connectivity index (χ4n) is 3.96. The lowest BCUT2D eigenvalue weighted by Gasteiger charge is -2.32. The van der Waals surface area contributed by atoms with Gasteiger partial charge < -0.3 is 9.47 Å². The third kappa shape index (κ3) is 2.29. The molecule has 0 radical (unpaired) electrons. The van der Waals surface area contributed by atoms with Crippen molar-refractivity contribution in [3.05, 3.63) is 0 Å². The van der Waals surface area contributed by atoms with Gasteiger partial charge in [-0.1, -0.05) is 36.4 Å². The Labute approximate surface area is 138 Å². The average molecular weight is 407 g/mol. The van der Waals surface area contributed by atoms with Gasteiger partial charge in [0.2, 0.25) is 5.91 Å². The van der Waals surface area contributed by atoms with Gasteiger partial charge in [-0.25, -0.2) is 9.69 Å². The van der Waals surface area contributed by atoms with Crippen LogP contribution in [0.5, 0.6) is 0 Å². The predicted molar refractivity (Wildman–Crippen MR) is 85.2 cm³/mol. The van der Waals surface area contributed by atoms with Gasteiger partial charge in [0.15, 0.2) is 0 Å².